The Morgan fingerprint density at radius 2 is 2.05 bits per heavy atom. The molecule has 20 heavy (non-hydrogen) atoms. The maximum Gasteiger partial charge on any atom is 0.248 e. The SMILES string of the molecule is C=CS(=O)(=O)CCNCCNc1cccc(C(N)=O)c1. The Morgan fingerprint density at radius 1 is 1.30 bits per heavy atom. The van der Waals surface area contributed by atoms with Gasteiger partial charge in [0.15, 0.2) is 9.84 Å². The molecule has 0 aromatic heterocycles. The number of sulfone groups is 1. The number of nitrogens with one attached hydrogen (secondary N) is 2. The van der Waals surface area contributed by atoms with Crippen LogP contribution < -0.4 is 16.4 Å². The molecule has 1 amide bonds. The quantitative estimate of drug-likeness (QED) is 0.571. The molecular formula is C13H19N3O3S. The minimum atomic E-state index is -3.14. The summed E-state index contributed by atoms with van der Waals surface area (Å²) in [4.78, 5) is 11.0. The summed E-state index contributed by atoms with van der Waals surface area (Å²) in [5.41, 5.74) is 6.42. The van der Waals surface area contributed by atoms with Crippen molar-refractivity contribution in [3.05, 3.63) is 41.8 Å². The predicted octanol–water partition coefficient (Wildman–Crippen LogP) is 0.345. The van der Waals surface area contributed by atoms with Crippen molar-refractivity contribution in [3.8, 4) is 0 Å². The van der Waals surface area contributed by atoms with E-state index < -0.39 is 15.7 Å². The van der Waals surface area contributed by atoms with E-state index in [1.54, 1.807) is 18.2 Å². The first kappa shape index (κ1) is 16.2. The smallest absolute Gasteiger partial charge is 0.248 e. The van der Waals surface area contributed by atoms with E-state index in [2.05, 4.69) is 17.2 Å². The largest absolute Gasteiger partial charge is 0.384 e. The maximum atomic E-state index is 11.1. The summed E-state index contributed by atoms with van der Waals surface area (Å²) >= 11 is 0. The molecule has 0 unspecified atom stereocenters. The lowest BCUT2D eigenvalue weighted by atomic mass is 10.2. The molecule has 1 rings (SSSR count). The fourth-order valence-electron chi connectivity index (χ4n) is 1.50. The Hall–Kier alpha value is -1.86. The normalized spacial score (nSPS) is 11.0. The van der Waals surface area contributed by atoms with Crippen LogP contribution in [-0.2, 0) is 9.84 Å². The van der Waals surface area contributed by atoms with Gasteiger partial charge in [0.2, 0.25) is 5.91 Å². The van der Waals surface area contributed by atoms with Crippen molar-refractivity contribution < 1.29 is 13.2 Å². The van der Waals surface area contributed by atoms with Crippen molar-refractivity contribution in [3.63, 3.8) is 0 Å². The van der Waals surface area contributed by atoms with Crippen LogP contribution in [0.5, 0.6) is 0 Å². The van der Waals surface area contributed by atoms with Crippen LogP contribution in [0.4, 0.5) is 5.69 Å². The number of nitrogens with two attached hydrogens (primary N) is 1. The van der Waals surface area contributed by atoms with Gasteiger partial charge in [0, 0.05) is 36.3 Å². The molecule has 0 aliphatic carbocycles. The average Bonchev–Trinajstić information content (AvgIpc) is 2.43. The lowest BCUT2D eigenvalue weighted by molar-refractivity contribution is 0.100. The number of amides is 1. The number of benzene rings is 1. The molecular weight excluding hydrogens is 278 g/mol. The zero-order valence-corrected chi connectivity index (χ0v) is 11.9. The molecule has 110 valence electrons. The van der Waals surface area contributed by atoms with Crippen molar-refractivity contribution in [1.29, 1.82) is 0 Å². The van der Waals surface area contributed by atoms with Gasteiger partial charge in [0.05, 0.1) is 5.75 Å². The summed E-state index contributed by atoms with van der Waals surface area (Å²) in [5.74, 6) is -0.436. The van der Waals surface area contributed by atoms with E-state index in [4.69, 9.17) is 5.73 Å². The second-order valence-electron chi connectivity index (χ2n) is 4.16. The van der Waals surface area contributed by atoms with Crippen LogP contribution in [0.15, 0.2) is 36.3 Å². The number of primary amides is 1. The van der Waals surface area contributed by atoms with Crippen LogP contribution >= 0.6 is 0 Å². The van der Waals surface area contributed by atoms with Gasteiger partial charge >= 0.3 is 0 Å². The van der Waals surface area contributed by atoms with E-state index in [0.717, 1.165) is 11.1 Å². The number of anilines is 1. The van der Waals surface area contributed by atoms with Crippen LogP contribution in [0.3, 0.4) is 0 Å². The molecule has 4 N–H and O–H groups in total. The molecule has 0 spiro atoms. The number of hydrogen-bond donors (Lipinski definition) is 3. The Kier molecular flexibility index (Phi) is 6.20. The first-order valence-corrected chi connectivity index (χ1v) is 7.86. The molecule has 7 heteroatoms. The highest BCUT2D eigenvalue weighted by Crippen LogP contribution is 2.09. The standard InChI is InChI=1S/C13H19N3O3S/c1-2-20(18,19)9-8-15-6-7-16-12-5-3-4-11(10-12)13(14)17/h2-5,10,15-16H,1,6-9H2,(H2,14,17). The number of carbonyl (C=O) groups excluding carboxylic acids is 1. The second-order valence-corrected chi connectivity index (χ2v) is 6.22. The molecule has 0 bridgehead atoms. The van der Waals surface area contributed by atoms with E-state index in [9.17, 15) is 13.2 Å². The number of rotatable bonds is 9. The molecule has 0 aliphatic rings. The Balaban J connectivity index is 2.26. The molecule has 0 atom stereocenters. The molecule has 1 aromatic rings. The summed E-state index contributed by atoms with van der Waals surface area (Å²) < 4.78 is 22.3. The van der Waals surface area contributed by atoms with Crippen LogP contribution in [0.2, 0.25) is 0 Å². The van der Waals surface area contributed by atoms with E-state index in [-0.39, 0.29) is 5.75 Å². The van der Waals surface area contributed by atoms with Gasteiger partial charge < -0.3 is 16.4 Å². The lowest BCUT2D eigenvalue weighted by Crippen LogP contribution is -2.27. The third-order valence-corrected chi connectivity index (χ3v) is 3.88. The van der Waals surface area contributed by atoms with Crippen LogP contribution in [0, 0.1) is 0 Å². The monoisotopic (exact) mass is 297 g/mol. The van der Waals surface area contributed by atoms with Crippen molar-refractivity contribution in [2.45, 2.75) is 0 Å². The second kappa shape index (κ2) is 7.66. The zero-order valence-electron chi connectivity index (χ0n) is 11.1. The topological polar surface area (TPSA) is 101 Å². The van der Waals surface area contributed by atoms with Crippen LogP contribution in [-0.4, -0.2) is 39.7 Å². The van der Waals surface area contributed by atoms with Crippen molar-refractivity contribution in [2.24, 2.45) is 5.73 Å². The maximum absolute atomic E-state index is 11.1. The highest BCUT2D eigenvalue weighted by molar-refractivity contribution is 7.94. The van der Waals surface area contributed by atoms with Gasteiger partial charge in [-0.15, -0.1) is 0 Å². The molecule has 0 saturated carbocycles. The molecule has 0 aliphatic heterocycles. The minimum Gasteiger partial charge on any atom is -0.384 e. The molecule has 1 aromatic carbocycles. The average molecular weight is 297 g/mol. The van der Waals surface area contributed by atoms with Crippen molar-refractivity contribution in [1.82, 2.24) is 5.32 Å². The molecule has 0 radical (unpaired) electrons. The zero-order chi connectivity index (χ0) is 15.0. The van der Waals surface area contributed by atoms with E-state index >= 15 is 0 Å². The highest BCUT2D eigenvalue weighted by Gasteiger charge is 2.03. The van der Waals surface area contributed by atoms with Crippen LogP contribution in [0.1, 0.15) is 10.4 Å². The van der Waals surface area contributed by atoms with E-state index in [1.807, 2.05) is 6.07 Å². The van der Waals surface area contributed by atoms with Crippen molar-refractivity contribution in [2.75, 3.05) is 30.7 Å². The van der Waals surface area contributed by atoms with Gasteiger partial charge in [-0.2, -0.15) is 0 Å². The summed E-state index contributed by atoms with van der Waals surface area (Å²) in [6.07, 6.45) is 0. The third kappa shape index (κ3) is 5.85. The Labute approximate surface area is 119 Å². The summed E-state index contributed by atoms with van der Waals surface area (Å²) in [5, 5.41) is 7.07. The summed E-state index contributed by atoms with van der Waals surface area (Å²) in [7, 11) is -3.14. The molecule has 6 nitrogen and oxygen atoms in total. The Morgan fingerprint density at radius 3 is 2.70 bits per heavy atom. The third-order valence-electron chi connectivity index (χ3n) is 2.60. The molecule has 0 saturated heterocycles. The first-order chi connectivity index (χ1) is 9.44. The Bertz CT molecular complexity index is 570. The number of carbonyl (C=O) groups is 1. The molecule has 0 heterocycles. The lowest BCUT2D eigenvalue weighted by Gasteiger charge is -2.08. The first-order valence-electron chi connectivity index (χ1n) is 6.14. The summed E-state index contributed by atoms with van der Waals surface area (Å²) in [6.45, 7) is 4.83. The number of hydrogen-bond acceptors (Lipinski definition) is 5. The van der Waals surface area contributed by atoms with Gasteiger partial charge in [-0.3, -0.25) is 4.79 Å². The minimum absolute atomic E-state index is 0.0354. The fourth-order valence-corrected chi connectivity index (χ4v) is 2.10. The highest BCUT2D eigenvalue weighted by atomic mass is 32.2. The van der Waals surface area contributed by atoms with Crippen LogP contribution in [0.25, 0.3) is 0 Å². The molecule has 0 fully saturated rings. The van der Waals surface area contributed by atoms with Gasteiger partial charge in [-0.25, -0.2) is 8.42 Å². The predicted molar refractivity (Wildman–Crippen MR) is 80.3 cm³/mol. The summed E-state index contributed by atoms with van der Waals surface area (Å²) in [6, 6.07) is 6.89. The van der Waals surface area contributed by atoms with Gasteiger partial charge in [-0.1, -0.05) is 12.6 Å². The van der Waals surface area contributed by atoms with Gasteiger partial charge in [-0.05, 0) is 18.2 Å². The fraction of sp³-hybridized carbons (Fsp3) is 0.308. The van der Waals surface area contributed by atoms with Crippen molar-refractivity contribution >= 4 is 21.4 Å². The van der Waals surface area contributed by atoms with E-state index in [0.29, 0.717) is 25.2 Å². The van der Waals surface area contributed by atoms with Gasteiger partial charge in [0.25, 0.3) is 0 Å². The van der Waals surface area contributed by atoms with E-state index in [1.165, 1.54) is 0 Å². The van der Waals surface area contributed by atoms with Gasteiger partial charge in [0.1, 0.15) is 0 Å².